The summed E-state index contributed by atoms with van der Waals surface area (Å²) >= 11 is 0. The fourth-order valence-electron chi connectivity index (χ4n) is 3.47. The minimum absolute atomic E-state index is 0.320. The van der Waals surface area contributed by atoms with Crippen LogP contribution < -0.4 is 5.32 Å². The van der Waals surface area contributed by atoms with Crippen LogP contribution >= 0.6 is 0 Å². The van der Waals surface area contributed by atoms with Crippen molar-refractivity contribution in [2.45, 2.75) is 51.6 Å². The van der Waals surface area contributed by atoms with Gasteiger partial charge in [-0.05, 0) is 51.4 Å². The molecule has 112 valence electrons. The molecule has 1 N–H and O–H groups in total. The maximum absolute atomic E-state index is 4.47. The second-order valence-electron chi connectivity index (χ2n) is 6.69. The Balaban J connectivity index is 1.95. The van der Waals surface area contributed by atoms with E-state index < -0.39 is 0 Å². The van der Waals surface area contributed by atoms with E-state index in [-0.39, 0.29) is 0 Å². The summed E-state index contributed by atoms with van der Waals surface area (Å²) in [6.07, 6.45) is 7.22. The lowest BCUT2D eigenvalue weighted by atomic mass is 9.75. The number of rotatable bonds is 5. The van der Waals surface area contributed by atoms with Gasteiger partial charge in [0, 0.05) is 24.8 Å². The molecule has 2 unspecified atom stereocenters. The lowest BCUT2D eigenvalue weighted by molar-refractivity contribution is 0.0748. The Morgan fingerprint density at radius 2 is 2.25 bits per heavy atom. The van der Waals surface area contributed by atoms with Crippen molar-refractivity contribution in [1.29, 1.82) is 0 Å². The zero-order chi connectivity index (χ0) is 14.6. The molecule has 0 saturated heterocycles. The Morgan fingerprint density at radius 1 is 1.45 bits per heavy atom. The van der Waals surface area contributed by atoms with Crippen molar-refractivity contribution in [2.24, 2.45) is 5.92 Å². The topological polar surface area (TPSA) is 28.2 Å². The second kappa shape index (κ2) is 6.68. The van der Waals surface area contributed by atoms with Crippen LogP contribution in [0.3, 0.4) is 0 Å². The lowest BCUT2D eigenvalue weighted by Crippen LogP contribution is -2.54. The summed E-state index contributed by atoms with van der Waals surface area (Å²) < 4.78 is 0. The van der Waals surface area contributed by atoms with E-state index in [1.807, 2.05) is 12.3 Å². The molecule has 1 saturated carbocycles. The van der Waals surface area contributed by atoms with Crippen molar-refractivity contribution >= 4 is 0 Å². The van der Waals surface area contributed by atoms with Gasteiger partial charge in [0.15, 0.2) is 0 Å². The molecule has 3 nitrogen and oxygen atoms in total. The fourth-order valence-corrected chi connectivity index (χ4v) is 3.47. The van der Waals surface area contributed by atoms with Gasteiger partial charge in [-0.15, -0.1) is 0 Å². The van der Waals surface area contributed by atoms with Gasteiger partial charge in [-0.2, -0.15) is 0 Å². The van der Waals surface area contributed by atoms with E-state index in [1.165, 1.54) is 36.9 Å². The number of hydrogen-bond donors (Lipinski definition) is 1. The Bertz CT molecular complexity index is 430. The van der Waals surface area contributed by atoms with Gasteiger partial charge < -0.3 is 10.2 Å². The van der Waals surface area contributed by atoms with Gasteiger partial charge in [-0.3, -0.25) is 4.98 Å². The molecule has 1 heterocycles. The molecule has 0 spiro atoms. The van der Waals surface area contributed by atoms with E-state index in [1.54, 1.807) is 0 Å². The highest BCUT2D eigenvalue weighted by Gasteiger charge is 2.36. The number of nitrogens with one attached hydrogen (secondary N) is 1. The van der Waals surface area contributed by atoms with Crippen LogP contribution in [0.1, 0.15) is 43.9 Å². The van der Waals surface area contributed by atoms with Crippen LogP contribution in [0.2, 0.25) is 0 Å². The number of aromatic nitrogens is 1. The number of likely N-dealkylation sites (N-methyl/N-ethyl adjacent to an activating group) is 1. The van der Waals surface area contributed by atoms with Crippen molar-refractivity contribution in [3.8, 4) is 0 Å². The van der Waals surface area contributed by atoms with E-state index in [0.717, 1.165) is 19.0 Å². The van der Waals surface area contributed by atoms with Crippen LogP contribution in [-0.4, -0.2) is 36.1 Å². The highest BCUT2D eigenvalue weighted by molar-refractivity contribution is 5.17. The Morgan fingerprint density at radius 3 is 2.90 bits per heavy atom. The van der Waals surface area contributed by atoms with Crippen LogP contribution in [0.5, 0.6) is 0 Å². The second-order valence-corrected chi connectivity index (χ2v) is 6.69. The molecular weight excluding hydrogens is 246 g/mol. The van der Waals surface area contributed by atoms with Gasteiger partial charge >= 0.3 is 0 Å². The zero-order valence-electron chi connectivity index (χ0n) is 13.4. The van der Waals surface area contributed by atoms with Gasteiger partial charge in [0.05, 0.1) is 5.69 Å². The van der Waals surface area contributed by atoms with Crippen molar-refractivity contribution in [2.75, 3.05) is 20.6 Å². The van der Waals surface area contributed by atoms with E-state index in [9.17, 15) is 0 Å². The highest BCUT2D eigenvalue weighted by atomic mass is 15.2. The third kappa shape index (κ3) is 3.58. The normalized spacial score (nSPS) is 26.9. The molecule has 3 heteroatoms. The predicted octanol–water partition coefficient (Wildman–Crippen LogP) is 2.99. The standard InChI is InChI=1S/C17H29N3/c1-14-7-5-9-17(11-14,20(3)4)13-18-12-16-15(2)8-6-10-19-16/h6,8,10,14,18H,5,7,9,11-13H2,1-4H3. The first kappa shape index (κ1) is 15.5. The first-order chi connectivity index (χ1) is 9.53. The molecule has 0 bridgehead atoms. The van der Waals surface area contributed by atoms with Crippen LogP contribution in [0.15, 0.2) is 18.3 Å². The summed E-state index contributed by atoms with van der Waals surface area (Å²) in [5.41, 5.74) is 2.77. The summed E-state index contributed by atoms with van der Waals surface area (Å²) in [6, 6.07) is 4.14. The molecule has 0 radical (unpaired) electrons. The number of pyridine rings is 1. The third-order valence-electron chi connectivity index (χ3n) is 4.88. The quantitative estimate of drug-likeness (QED) is 0.895. The van der Waals surface area contributed by atoms with Crippen LogP contribution in [0.25, 0.3) is 0 Å². The molecule has 2 atom stereocenters. The van der Waals surface area contributed by atoms with Gasteiger partial charge in [-0.1, -0.05) is 25.8 Å². The first-order valence-corrected chi connectivity index (χ1v) is 7.82. The molecule has 0 aromatic carbocycles. The molecule has 1 aromatic rings. The van der Waals surface area contributed by atoms with E-state index >= 15 is 0 Å². The molecule has 1 aliphatic rings. The Labute approximate surface area is 123 Å². The van der Waals surface area contributed by atoms with Crippen LogP contribution in [0.4, 0.5) is 0 Å². The van der Waals surface area contributed by atoms with Gasteiger partial charge in [0.2, 0.25) is 0 Å². The minimum atomic E-state index is 0.320. The summed E-state index contributed by atoms with van der Waals surface area (Å²) in [6.45, 7) is 6.45. The van der Waals surface area contributed by atoms with E-state index in [4.69, 9.17) is 0 Å². The van der Waals surface area contributed by atoms with Gasteiger partial charge in [-0.25, -0.2) is 0 Å². The maximum atomic E-state index is 4.47. The monoisotopic (exact) mass is 275 g/mol. The summed E-state index contributed by atoms with van der Waals surface area (Å²) in [7, 11) is 4.46. The molecule has 0 amide bonds. The number of nitrogens with zero attached hydrogens (tertiary/aromatic N) is 2. The summed E-state index contributed by atoms with van der Waals surface area (Å²) in [5.74, 6) is 0.838. The lowest BCUT2D eigenvalue weighted by Gasteiger charge is -2.45. The summed E-state index contributed by atoms with van der Waals surface area (Å²) in [4.78, 5) is 6.90. The summed E-state index contributed by atoms with van der Waals surface area (Å²) in [5, 5.41) is 3.65. The molecule has 0 aliphatic heterocycles. The van der Waals surface area contributed by atoms with Gasteiger partial charge in [0.1, 0.15) is 0 Å². The average Bonchev–Trinajstić information content (AvgIpc) is 2.41. The zero-order valence-corrected chi connectivity index (χ0v) is 13.4. The predicted molar refractivity (Wildman–Crippen MR) is 84.7 cm³/mol. The van der Waals surface area contributed by atoms with E-state index in [0.29, 0.717) is 5.54 Å². The van der Waals surface area contributed by atoms with Crippen molar-refractivity contribution < 1.29 is 0 Å². The largest absolute Gasteiger partial charge is 0.309 e. The smallest absolute Gasteiger partial charge is 0.0570 e. The number of aryl methyl sites for hydroxylation is 1. The Kier molecular flexibility index (Phi) is 5.17. The van der Waals surface area contributed by atoms with Crippen LogP contribution in [0, 0.1) is 12.8 Å². The molecular formula is C17H29N3. The Hall–Kier alpha value is -0.930. The molecule has 1 fully saturated rings. The fraction of sp³-hybridized carbons (Fsp3) is 0.706. The molecule has 2 rings (SSSR count). The van der Waals surface area contributed by atoms with E-state index in [2.05, 4.69) is 49.2 Å². The van der Waals surface area contributed by atoms with Crippen LogP contribution in [-0.2, 0) is 6.54 Å². The van der Waals surface area contributed by atoms with Crippen molar-refractivity contribution in [3.05, 3.63) is 29.6 Å². The average molecular weight is 275 g/mol. The first-order valence-electron chi connectivity index (χ1n) is 7.82. The van der Waals surface area contributed by atoms with Crippen molar-refractivity contribution in [3.63, 3.8) is 0 Å². The van der Waals surface area contributed by atoms with Crippen molar-refractivity contribution in [1.82, 2.24) is 15.2 Å². The number of hydrogen-bond acceptors (Lipinski definition) is 3. The maximum Gasteiger partial charge on any atom is 0.0570 e. The third-order valence-corrected chi connectivity index (χ3v) is 4.88. The minimum Gasteiger partial charge on any atom is -0.309 e. The highest BCUT2D eigenvalue weighted by Crippen LogP contribution is 2.35. The molecule has 1 aliphatic carbocycles. The van der Waals surface area contributed by atoms with Gasteiger partial charge in [0.25, 0.3) is 0 Å². The molecule has 1 aromatic heterocycles. The SMILES string of the molecule is Cc1cccnc1CNCC1(N(C)C)CCCC(C)C1. The molecule has 20 heavy (non-hydrogen) atoms.